The van der Waals surface area contributed by atoms with Gasteiger partial charge in [0.05, 0.1) is 17.5 Å². The Labute approximate surface area is 175 Å². The highest BCUT2D eigenvalue weighted by Crippen LogP contribution is 2.55. The van der Waals surface area contributed by atoms with Crippen LogP contribution in [0.1, 0.15) is 36.2 Å². The Kier molecular flexibility index (Phi) is 4.35. The fourth-order valence-electron chi connectivity index (χ4n) is 5.44. The van der Waals surface area contributed by atoms with Crippen LogP contribution in [0.25, 0.3) is 0 Å². The number of aryl methyl sites for hydroxylation is 1. The minimum Gasteiger partial charge on any atom is -0.322 e. The zero-order chi connectivity index (χ0) is 21.0. The van der Waals surface area contributed by atoms with Crippen LogP contribution < -0.4 is 10.2 Å². The van der Waals surface area contributed by atoms with E-state index in [1.165, 1.54) is 10.5 Å². The number of anilines is 2. The molecule has 3 aliphatic rings. The Morgan fingerprint density at radius 3 is 2.47 bits per heavy atom. The predicted octanol–water partition coefficient (Wildman–Crippen LogP) is 4.20. The van der Waals surface area contributed by atoms with Crippen molar-refractivity contribution >= 4 is 29.1 Å². The third kappa shape index (κ3) is 2.72. The van der Waals surface area contributed by atoms with E-state index in [-0.39, 0.29) is 41.4 Å². The third-order valence-electron chi connectivity index (χ3n) is 6.91. The average molecular weight is 400 g/mol. The van der Waals surface area contributed by atoms with E-state index < -0.39 is 0 Å². The smallest absolute Gasteiger partial charge is 0.255 e. The Morgan fingerprint density at radius 1 is 1.03 bits per heavy atom. The molecule has 2 aromatic rings. The van der Waals surface area contributed by atoms with Crippen LogP contribution in [0.4, 0.5) is 11.4 Å². The molecule has 2 aromatic carbocycles. The Morgan fingerprint density at radius 2 is 1.73 bits per heavy atom. The lowest BCUT2D eigenvalue weighted by Gasteiger charge is -2.19. The summed E-state index contributed by atoms with van der Waals surface area (Å²) in [5.74, 6) is -0.471. The Hall–Kier alpha value is -3.21. The topological polar surface area (TPSA) is 66.5 Å². The number of benzene rings is 2. The summed E-state index contributed by atoms with van der Waals surface area (Å²) in [6.45, 7) is 4.10. The molecule has 4 atom stereocenters. The molecule has 0 aromatic heterocycles. The predicted molar refractivity (Wildman–Crippen MR) is 115 cm³/mol. The molecule has 2 fully saturated rings. The molecule has 0 unspecified atom stereocenters. The standard InChI is InChI=1S/C25H24N2O3/c1-3-15-6-4-5-7-20(15)26-23(28)16-8-10-18(11-9-16)27-24(29)21-17-12-14(2)19(13-17)22(21)25(27)30/h4-12,17,19,21-22H,3,13H2,1-2H3,(H,26,28)/t17-,19+,21-,22+/m0/s1. The summed E-state index contributed by atoms with van der Waals surface area (Å²) in [4.78, 5) is 40.1. The molecule has 1 saturated heterocycles. The normalized spacial score (nSPS) is 26.7. The van der Waals surface area contributed by atoms with Gasteiger partial charge in [0, 0.05) is 11.3 Å². The molecule has 1 N–H and O–H groups in total. The van der Waals surface area contributed by atoms with Gasteiger partial charge in [-0.2, -0.15) is 0 Å². The molecule has 2 aliphatic carbocycles. The fraction of sp³-hybridized carbons (Fsp3) is 0.320. The van der Waals surface area contributed by atoms with Crippen molar-refractivity contribution in [3.8, 4) is 0 Å². The minimum atomic E-state index is -0.222. The van der Waals surface area contributed by atoms with Crippen molar-refractivity contribution in [2.45, 2.75) is 26.7 Å². The number of fused-ring (bicyclic) bond motifs is 5. The molecular weight excluding hydrogens is 376 g/mol. The number of allylic oxidation sites excluding steroid dienone is 2. The molecule has 5 rings (SSSR count). The number of amides is 3. The van der Waals surface area contributed by atoms with Gasteiger partial charge in [-0.1, -0.05) is 36.8 Å². The highest BCUT2D eigenvalue weighted by atomic mass is 16.2. The van der Waals surface area contributed by atoms with Gasteiger partial charge < -0.3 is 5.32 Å². The minimum absolute atomic E-state index is 0.0981. The maximum atomic E-state index is 13.1. The number of nitrogens with one attached hydrogen (secondary N) is 1. The zero-order valence-corrected chi connectivity index (χ0v) is 17.1. The van der Waals surface area contributed by atoms with Crippen molar-refractivity contribution in [3.63, 3.8) is 0 Å². The van der Waals surface area contributed by atoms with Gasteiger partial charge in [-0.25, -0.2) is 0 Å². The van der Waals surface area contributed by atoms with E-state index in [9.17, 15) is 14.4 Å². The van der Waals surface area contributed by atoms with Crippen molar-refractivity contribution < 1.29 is 14.4 Å². The third-order valence-corrected chi connectivity index (χ3v) is 6.91. The maximum absolute atomic E-state index is 13.1. The van der Waals surface area contributed by atoms with E-state index in [2.05, 4.69) is 18.3 Å². The van der Waals surface area contributed by atoms with Crippen molar-refractivity contribution in [1.82, 2.24) is 0 Å². The fourth-order valence-corrected chi connectivity index (χ4v) is 5.44. The Balaban J connectivity index is 1.35. The van der Waals surface area contributed by atoms with Crippen LogP contribution >= 0.6 is 0 Å². The second-order valence-electron chi connectivity index (χ2n) is 8.49. The highest BCUT2D eigenvalue weighted by molar-refractivity contribution is 6.23. The van der Waals surface area contributed by atoms with E-state index in [1.54, 1.807) is 24.3 Å². The number of carbonyl (C=O) groups excluding carboxylic acids is 3. The van der Waals surface area contributed by atoms with E-state index in [0.717, 1.165) is 24.1 Å². The molecule has 152 valence electrons. The summed E-state index contributed by atoms with van der Waals surface area (Å²) in [6.07, 6.45) is 3.92. The monoisotopic (exact) mass is 400 g/mol. The molecule has 5 nitrogen and oxygen atoms in total. The van der Waals surface area contributed by atoms with E-state index in [4.69, 9.17) is 0 Å². The maximum Gasteiger partial charge on any atom is 0.255 e. The van der Waals surface area contributed by atoms with Gasteiger partial charge in [-0.15, -0.1) is 0 Å². The number of hydrogen-bond acceptors (Lipinski definition) is 3. The SMILES string of the molecule is CCc1ccccc1NC(=O)c1ccc(N2C(=O)[C@@H]3[C@H](C2=O)[C@@H]2C[C@@H]3C=C2C)cc1. The number of nitrogens with zero attached hydrogens (tertiary/aromatic N) is 1. The molecule has 1 heterocycles. The summed E-state index contributed by atoms with van der Waals surface area (Å²) in [5.41, 5.74) is 4.14. The van der Waals surface area contributed by atoms with Gasteiger partial charge in [-0.05, 0) is 67.5 Å². The van der Waals surface area contributed by atoms with Crippen molar-refractivity contribution in [2.75, 3.05) is 10.2 Å². The molecule has 2 bridgehead atoms. The number of para-hydroxylation sites is 1. The first kappa shape index (κ1) is 18.8. The molecule has 0 radical (unpaired) electrons. The molecule has 3 amide bonds. The van der Waals surface area contributed by atoms with Crippen molar-refractivity contribution in [1.29, 1.82) is 0 Å². The highest BCUT2D eigenvalue weighted by Gasteiger charge is 2.60. The van der Waals surface area contributed by atoms with Crippen LogP contribution in [0, 0.1) is 23.7 Å². The second-order valence-corrected chi connectivity index (χ2v) is 8.49. The lowest BCUT2D eigenvalue weighted by molar-refractivity contribution is -0.123. The van der Waals surface area contributed by atoms with Crippen LogP contribution in [0.2, 0.25) is 0 Å². The average Bonchev–Trinajstić information content (AvgIpc) is 3.39. The summed E-state index contributed by atoms with van der Waals surface area (Å²) >= 11 is 0. The van der Waals surface area contributed by atoms with Crippen molar-refractivity contribution in [3.05, 3.63) is 71.3 Å². The van der Waals surface area contributed by atoms with Crippen LogP contribution in [0.15, 0.2) is 60.2 Å². The first-order valence-electron chi connectivity index (χ1n) is 10.5. The van der Waals surface area contributed by atoms with Crippen LogP contribution in [-0.4, -0.2) is 17.7 Å². The summed E-state index contributed by atoms with van der Waals surface area (Å²) in [5, 5.41) is 2.95. The molecule has 30 heavy (non-hydrogen) atoms. The van der Waals surface area contributed by atoms with E-state index >= 15 is 0 Å². The first-order chi connectivity index (χ1) is 14.5. The quantitative estimate of drug-likeness (QED) is 0.618. The van der Waals surface area contributed by atoms with Gasteiger partial charge >= 0.3 is 0 Å². The van der Waals surface area contributed by atoms with Gasteiger partial charge in [0.2, 0.25) is 11.8 Å². The molecule has 5 heteroatoms. The summed E-state index contributed by atoms with van der Waals surface area (Å²) in [6, 6.07) is 14.5. The van der Waals surface area contributed by atoms with E-state index in [1.807, 2.05) is 31.2 Å². The van der Waals surface area contributed by atoms with Crippen molar-refractivity contribution in [2.24, 2.45) is 23.7 Å². The van der Waals surface area contributed by atoms with Gasteiger partial charge in [-0.3, -0.25) is 19.3 Å². The zero-order valence-electron chi connectivity index (χ0n) is 17.1. The van der Waals surface area contributed by atoms with Crippen LogP contribution in [0.3, 0.4) is 0 Å². The van der Waals surface area contributed by atoms with Gasteiger partial charge in [0.1, 0.15) is 0 Å². The summed E-state index contributed by atoms with van der Waals surface area (Å²) < 4.78 is 0. The number of rotatable bonds is 4. The first-order valence-corrected chi connectivity index (χ1v) is 10.5. The molecule has 1 aliphatic heterocycles. The summed E-state index contributed by atoms with van der Waals surface area (Å²) in [7, 11) is 0. The van der Waals surface area contributed by atoms with Gasteiger partial charge in [0.15, 0.2) is 0 Å². The number of imide groups is 1. The Bertz CT molecular complexity index is 1090. The lowest BCUT2D eigenvalue weighted by Crippen LogP contribution is -2.33. The lowest BCUT2D eigenvalue weighted by atomic mass is 9.82. The van der Waals surface area contributed by atoms with Gasteiger partial charge in [0.25, 0.3) is 5.91 Å². The number of hydrogen-bond donors (Lipinski definition) is 1. The molecule has 0 spiro atoms. The number of carbonyl (C=O) groups is 3. The molecular formula is C25H24N2O3. The van der Waals surface area contributed by atoms with Crippen LogP contribution in [0.5, 0.6) is 0 Å². The second kappa shape index (κ2) is 6.94. The van der Waals surface area contributed by atoms with E-state index in [0.29, 0.717) is 11.3 Å². The van der Waals surface area contributed by atoms with Crippen LogP contribution in [-0.2, 0) is 16.0 Å². The molecule has 1 saturated carbocycles. The largest absolute Gasteiger partial charge is 0.322 e.